The maximum absolute atomic E-state index is 13.0. The first kappa shape index (κ1) is 65.6. The highest BCUT2D eigenvalue weighted by Crippen LogP contribution is 2.12. The predicted molar refractivity (Wildman–Crippen MR) is 273 cm³/mol. The number of methoxy groups -OCH3 is 2. The molecule has 26 heteroatoms. The molecule has 2 rings (SSSR count). The van der Waals surface area contributed by atoms with E-state index < -0.39 is 120 Å². The normalized spacial score (nSPS) is 13.2. The second-order valence-corrected chi connectivity index (χ2v) is 16.9. The summed E-state index contributed by atoms with van der Waals surface area (Å²) in [5.74, 6) is -8.33. The molecule has 0 bridgehead atoms. The Morgan fingerprint density at radius 1 is 0.618 bits per heavy atom. The number of anilines is 2. The summed E-state index contributed by atoms with van der Waals surface area (Å²) < 4.78 is 16.4. The zero-order chi connectivity index (χ0) is 57.5. The van der Waals surface area contributed by atoms with Gasteiger partial charge in [0.2, 0.25) is 35.4 Å². The summed E-state index contributed by atoms with van der Waals surface area (Å²) in [6.07, 6.45) is 8.48. The number of esters is 3. The van der Waals surface area contributed by atoms with Crippen molar-refractivity contribution in [1.82, 2.24) is 30.4 Å². The Hall–Kier alpha value is -8.45. The van der Waals surface area contributed by atoms with Crippen LogP contribution in [0.15, 0.2) is 70.6 Å². The first-order valence-electron chi connectivity index (χ1n) is 24.2. The fraction of sp³-hybridized carbons (Fsp3) is 0.500. The van der Waals surface area contributed by atoms with Crippen LogP contribution in [-0.4, -0.2) is 130 Å². The van der Waals surface area contributed by atoms with Gasteiger partial charge in [0.25, 0.3) is 11.1 Å². The molecule has 76 heavy (non-hydrogen) atoms. The molecule has 0 fully saturated rings. The quantitative estimate of drug-likeness (QED) is 0.0309. The second-order valence-electron chi connectivity index (χ2n) is 16.9. The van der Waals surface area contributed by atoms with Gasteiger partial charge in [0.05, 0.1) is 27.2 Å². The largest absolute Gasteiger partial charge is 0.481 e. The minimum Gasteiger partial charge on any atom is -0.481 e. The highest BCUT2D eigenvalue weighted by Gasteiger charge is 2.29. The zero-order valence-electron chi connectivity index (χ0n) is 43.8. The fourth-order valence-electron chi connectivity index (χ4n) is 6.64. The molecule has 0 aliphatic carbocycles. The van der Waals surface area contributed by atoms with E-state index in [1.165, 1.54) is 76.0 Å². The van der Waals surface area contributed by atoms with Crippen LogP contribution in [-0.2, 0) is 80.0 Å². The zero-order valence-corrected chi connectivity index (χ0v) is 43.8. The monoisotopic (exact) mass is 1070 g/mol. The first-order valence-corrected chi connectivity index (χ1v) is 24.2. The Bertz CT molecular complexity index is 2540. The number of hydrogen-bond donors (Lipinski definition) is 8. The van der Waals surface area contributed by atoms with Crippen LogP contribution >= 0.6 is 0 Å². The maximum atomic E-state index is 13.0. The van der Waals surface area contributed by atoms with Gasteiger partial charge in [-0.1, -0.05) is 52.7 Å². The van der Waals surface area contributed by atoms with Crippen LogP contribution in [0.3, 0.4) is 0 Å². The number of aromatic nitrogens is 2. The number of pyridine rings is 2. The van der Waals surface area contributed by atoms with Crippen molar-refractivity contribution in [3.8, 4) is 0 Å². The van der Waals surface area contributed by atoms with Crippen LogP contribution in [0.25, 0.3) is 0 Å². The number of carboxylic acids is 2. The molecule has 26 nitrogen and oxygen atoms in total. The summed E-state index contributed by atoms with van der Waals surface area (Å²) in [4.78, 5) is 157. The molecular weight excluding hydrogens is 1000 g/mol. The van der Waals surface area contributed by atoms with Crippen molar-refractivity contribution in [1.29, 1.82) is 0 Å². The third kappa shape index (κ3) is 24.5. The summed E-state index contributed by atoms with van der Waals surface area (Å²) in [7, 11) is 2.43. The van der Waals surface area contributed by atoms with Crippen LogP contribution in [0.2, 0.25) is 0 Å². The minimum absolute atomic E-state index is 0.0223. The molecule has 2 aromatic heterocycles. The molecule has 0 radical (unpaired) electrons. The number of ether oxygens (including phenoxy) is 3. The summed E-state index contributed by atoms with van der Waals surface area (Å²) >= 11 is 0. The minimum atomic E-state index is -1.19. The number of aliphatic carboxylic acids is 2. The van der Waals surface area contributed by atoms with Gasteiger partial charge in [-0.05, 0) is 68.7 Å². The van der Waals surface area contributed by atoms with Gasteiger partial charge in [-0.15, -0.1) is 0 Å². The van der Waals surface area contributed by atoms with Gasteiger partial charge in [-0.25, -0.2) is 19.2 Å². The molecule has 1 unspecified atom stereocenters. The molecular formula is C50H70N8O18. The van der Waals surface area contributed by atoms with Crippen LogP contribution in [0.1, 0.15) is 92.9 Å². The molecule has 6 amide bonds. The van der Waals surface area contributed by atoms with E-state index in [9.17, 15) is 62.3 Å². The van der Waals surface area contributed by atoms with Gasteiger partial charge in [-0.3, -0.25) is 43.2 Å². The van der Waals surface area contributed by atoms with Crippen molar-refractivity contribution in [3.05, 3.63) is 81.7 Å². The van der Waals surface area contributed by atoms with Crippen LogP contribution in [0, 0.1) is 11.8 Å². The molecule has 0 aliphatic rings. The molecule has 0 saturated carbocycles. The summed E-state index contributed by atoms with van der Waals surface area (Å²) in [6.45, 7) is 9.48. The van der Waals surface area contributed by atoms with Gasteiger partial charge in [-0.2, -0.15) is 0 Å². The second kappa shape index (κ2) is 34.9. The summed E-state index contributed by atoms with van der Waals surface area (Å²) in [6, 6.07) is 1.59. The SMILES string of the molecule is CCOC(=O)/C=C/CC[C@H](NC(=O)CCC(=O)O)C(=O)Nc1cccn(CC(=O)N[C@H](C(=O)OC)[C@H](C)CC)c1=O.CC[C@@H](C)[C@H](NC(=O)Cn1cccc(NC(=O)C(CCC=CC(=O)O)NC(C)=O)c1=O)C(=O)OC. The number of nitrogens with one attached hydrogen (secondary N) is 6. The topological polar surface area (TPSA) is 372 Å². The Morgan fingerprint density at radius 2 is 1.05 bits per heavy atom. The lowest BCUT2D eigenvalue weighted by Crippen LogP contribution is -2.47. The van der Waals surface area contributed by atoms with Gasteiger partial charge in [0, 0.05) is 37.9 Å². The maximum Gasteiger partial charge on any atom is 0.330 e. The van der Waals surface area contributed by atoms with E-state index in [1.54, 1.807) is 20.8 Å². The molecule has 0 aromatic carbocycles. The smallest absolute Gasteiger partial charge is 0.330 e. The third-order valence-corrected chi connectivity index (χ3v) is 11.1. The van der Waals surface area contributed by atoms with Crippen LogP contribution in [0.4, 0.5) is 11.4 Å². The lowest BCUT2D eigenvalue weighted by molar-refractivity contribution is -0.147. The standard InChI is InChI=1S/C27H38N4O10.C23H32N4O8/c1-5-17(3)24(27(39)40-4)30-21(33)16-31-15-9-11-19(26(31)38)29-25(37)18(28-20(32)13-14-22(34)35)10-7-8-12-23(36)41-6-2;1-5-14(2)20(23(34)35-4)26-18(29)13-27-12-8-10-17(22(27)33)25-21(32)16(24-15(3)28)9-6-7-11-19(30)31/h8-9,11-12,15,17-18,24H,5-7,10,13-14,16H2,1-4H3,(H,28,32)(H,29,37)(H,30,33)(H,34,35);7-8,10-12,14,16,20H,5-6,9,13H2,1-4H3,(H,24,28)(H,25,32)(H,26,29)(H,30,31)/b12-8+;/t17-,18+,24+;14-,16?,20+/m11/s1. The van der Waals surface area contributed by atoms with Crippen molar-refractivity contribution in [3.63, 3.8) is 0 Å². The van der Waals surface area contributed by atoms with E-state index in [0.717, 1.165) is 15.2 Å². The average Bonchev–Trinajstić information content (AvgIpc) is 3.37. The number of carboxylic acid groups (broad SMARTS) is 2. The van der Waals surface area contributed by atoms with Crippen LogP contribution < -0.4 is 43.0 Å². The molecule has 0 saturated heterocycles. The number of amides is 6. The molecule has 418 valence electrons. The fourth-order valence-corrected chi connectivity index (χ4v) is 6.64. The number of nitrogens with zero attached hydrogens (tertiary/aromatic N) is 2. The number of carbonyl (C=O) groups is 11. The third-order valence-electron chi connectivity index (χ3n) is 11.1. The van der Waals surface area contributed by atoms with Crippen molar-refractivity contribution in [2.75, 3.05) is 31.5 Å². The van der Waals surface area contributed by atoms with Gasteiger partial charge in [0.1, 0.15) is 48.6 Å². The van der Waals surface area contributed by atoms with Gasteiger partial charge >= 0.3 is 29.8 Å². The van der Waals surface area contributed by atoms with E-state index in [-0.39, 0.29) is 61.9 Å². The molecule has 0 spiro atoms. The summed E-state index contributed by atoms with van der Waals surface area (Å²) in [5.41, 5.74) is -1.68. The lowest BCUT2D eigenvalue weighted by Gasteiger charge is -2.22. The van der Waals surface area contributed by atoms with E-state index in [1.807, 2.05) is 13.8 Å². The predicted octanol–water partition coefficient (Wildman–Crippen LogP) is 1.16. The molecule has 8 N–H and O–H groups in total. The number of rotatable bonds is 30. The number of allylic oxidation sites excluding steroid dienone is 2. The first-order chi connectivity index (χ1) is 35.9. The van der Waals surface area contributed by atoms with Gasteiger partial charge < -0.3 is 65.5 Å². The van der Waals surface area contributed by atoms with Crippen LogP contribution in [0.5, 0.6) is 0 Å². The van der Waals surface area contributed by atoms with E-state index >= 15 is 0 Å². The van der Waals surface area contributed by atoms with Gasteiger partial charge in [0.15, 0.2) is 0 Å². The van der Waals surface area contributed by atoms with Crippen molar-refractivity contribution in [2.24, 2.45) is 11.8 Å². The Kier molecular flexibility index (Phi) is 30.1. The molecule has 0 aliphatic heterocycles. The van der Waals surface area contributed by atoms with E-state index in [2.05, 4.69) is 31.9 Å². The molecule has 2 heterocycles. The Balaban J connectivity index is 0.000000770. The Labute approximate surface area is 438 Å². The number of hydrogen-bond acceptors (Lipinski definition) is 16. The van der Waals surface area contributed by atoms with Crippen molar-refractivity contribution >= 4 is 76.7 Å². The molecule has 2 aromatic rings. The van der Waals surface area contributed by atoms with E-state index in [4.69, 9.17) is 24.4 Å². The molecule has 6 atom stereocenters. The van der Waals surface area contributed by atoms with Crippen molar-refractivity contribution < 1.29 is 77.2 Å². The van der Waals surface area contributed by atoms with Crippen molar-refractivity contribution in [2.45, 2.75) is 130 Å². The highest BCUT2D eigenvalue weighted by molar-refractivity contribution is 5.98. The highest BCUT2D eigenvalue weighted by atomic mass is 16.5. The van der Waals surface area contributed by atoms with E-state index in [0.29, 0.717) is 12.8 Å². The average molecular weight is 1070 g/mol. The number of carbonyl (C=O) groups excluding carboxylic acids is 9. The lowest BCUT2D eigenvalue weighted by atomic mass is 9.99. The Morgan fingerprint density at radius 3 is 1.43 bits per heavy atom. The summed E-state index contributed by atoms with van der Waals surface area (Å²) in [5, 5.41) is 32.4.